The summed E-state index contributed by atoms with van der Waals surface area (Å²) in [6.07, 6.45) is 1.75. The van der Waals surface area contributed by atoms with Crippen molar-refractivity contribution in [3.63, 3.8) is 0 Å². The lowest BCUT2D eigenvalue weighted by Gasteiger charge is -2.10. The second-order valence-electron chi connectivity index (χ2n) is 4.90. The predicted molar refractivity (Wildman–Crippen MR) is 96.1 cm³/mol. The molecule has 2 rings (SSSR count). The Labute approximate surface area is 151 Å². The number of hydrogen-bond donors (Lipinski definition) is 0. The molecule has 7 nitrogen and oxygen atoms in total. The van der Waals surface area contributed by atoms with E-state index in [1.807, 2.05) is 16.7 Å². The van der Waals surface area contributed by atoms with Gasteiger partial charge in [0.05, 0.1) is 26.6 Å². The maximum absolute atomic E-state index is 11.6. The van der Waals surface area contributed by atoms with Gasteiger partial charge in [-0.25, -0.2) is 0 Å². The normalized spacial score (nSPS) is 10.4. The van der Waals surface area contributed by atoms with E-state index in [0.717, 1.165) is 5.56 Å². The molecule has 8 heteroatoms. The number of carbonyl (C=O) groups excluding carboxylic acids is 1. The molecule has 0 atom stereocenters. The summed E-state index contributed by atoms with van der Waals surface area (Å²) in [5.74, 6) is 1.84. The van der Waals surface area contributed by atoms with Crippen LogP contribution < -0.4 is 9.47 Å². The van der Waals surface area contributed by atoms with E-state index in [1.54, 1.807) is 33.3 Å². The molecule has 0 saturated carbocycles. The molecule has 0 N–H and O–H groups in total. The molecule has 0 spiro atoms. The molecular formula is C17H21N3O4S. The number of aromatic nitrogens is 3. The van der Waals surface area contributed by atoms with E-state index in [9.17, 15) is 4.79 Å². The number of nitrogens with zero attached hydrogens (tertiary/aromatic N) is 3. The van der Waals surface area contributed by atoms with Crippen LogP contribution in [0, 0.1) is 0 Å². The lowest BCUT2D eigenvalue weighted by molar-refractivity contribution is -0.139. The number of benzene rings is 1. The number of hydrogen-bond acceptors (Lipinski definition) is 7. The van der Waals surface area contributed by atoms with Crippen LogP contribution in [0.1, 0.15) is 6.92 Å². The standard InChI is InChI=1S/C17H21N3O4S/c1-5-7-20-16(12-8-13(22-3)10-14(9-12)23-4)18-19-17(20)25-11-15(21)24-6-2/h5,8-10H,1,6-7,11H2,2-4H3. The summed E-state index contributed by atoms with van der Waals surface area (Å²) in [7, 11) is 3.18. The third kappa shape index (κ3) is 4.76. The van der Waals surface area contributed by atoms with Crippen LogP contribution in [-0.2, 0) is 16.1 Å². The van der Waals surface area contributed by atoms with Crippen molar-refractivity contribution in [2.75, 3.05) is 26.6 Å². The van der Waals surface area contributed by atoms with Gasteiger partial charge >= 0.3 is 5.97 Å². The molecule has 2 aromatic rings. The topological polar surface area (TPSA) is 75.5 Å². The van der Waals surface area contributed by atoms with Gasteiger partial charge in [-0.1, -0.05) is 17.8 Å². The van der Waals surface area contributed by atoms with E-state index in [4.69, 9.17) is 14.2 Å². The molecule has 1 aromatic heterocycles. The maximum atomic E-state index is 11.6. The van der Waals surface area contributed by atoms with Gasteiger partial charge in [-0.3, -0.25) is 9.36 Å². The first-order valence-corrected chi connectivity index (χ1v) is 8.67. The zero-order chi connectivity index (χ0) is 18.2. The van der Waals surface area contributed by atoms with Gasteiger partial charge in [0.2, 0.25) is 0 Å². The number of rotatable bonds is 9. The van der Waals surface area contributed by atoms with E-state index in [0.29, 0.717) is 35.6 Å². The molecule has 0 fully saturated rings. The Morgan fingerprint density at radius 3 is 2.48 bits per heavy atom. The fraction of sp³-hybridized carbons (Fsp3) is 0.353. The first kappa shape index (κ1) is 18.9. The van der Waals surface area contributed by atoms with Crippen LogP contribution in [0.2, 0.25) is 0 Å². The quantitative estimate of drug-likeness (QED) is 0.385. The van der Waals surface area contributed by atoms with Crippen LogP contribution in [0.4, 0.5) is 0 Å². The van der Waals surface area contributed by atoms with Crippen molar-refractivity contribution in [1.29, 1.82) is 0 Å². The highest BCUT2D eigenvalue weighted by atomic mass is 32.2. The highest BCUT2D eigenvalue weighted by Crippen LogP contribution is 2.30. The molecule has 0 unspecified atom stereocenters. The zero-order valence-corrected chi connectivity index (χ0v) is 15.3. The van der Waals surface area contributed by atoms with Crippen LogP contribution in [0.3, 0.4) is 0 Å². The molecular weight excluding hydrogens is 342 g/mol. The monoisotopic (exact) mass is 363 g/mol. The van der Waals surface area contributed by atoms with Crippen molar-refractivity contribution in [2.24, 2.45) is 0 Å². The van der Waals surface area contributed by atoms with Crippen molar-refractivity contribution >= 4 is 17.7 Å². The second-order valence-corrected chi connectivity index (χ2v) is 5.84. The van der Waals surface area contributed by atoms with Crippen molar-refractivity contribution in [3.8, 4) is 22.9 Å². The molecule has 0 aliphatic rings. The molecule has 134 valence electrons. The van der Waals surface area contributed by atoms with E-state index >= 15 is 0 Å². The number of carbonyl (C=O) groups is 1. The summed E-state index contributed by atoms with van der Waals surface area (Å²) in [5.41, 5.74) is 0.800. The SMILES string of the molecule is C=CCn1c(SCC(=O)OCC)nnc1-c1cc(OC)cc(OC)c1. The minimum absolute atomic E-state index is 0.171. The highest BCUT2D eigenvalue weighted by Gasteiger charge is 2.16. The van der Waals surface area contributed by atoms with Crippen LogP contribution in [0.25, 0.3) is 11.4 Å². The molecule has 0 aliphatic carbocycles. The molecule has 1 heterocycles. The van der Waals surface area contributed by atoms with Crippen LogP contribution in [0.5, 0.6) is 11.5 Å². The largest absolute Gasteiger partial charge is 0.497 e. The van der Waals surface area contributed by atoms with E-state index in [-0.39, 0.29) is 11.7 Å². The molecule has 0 bridgehead atoms. The fourth-order valence-electron chi connectivity index (χ4n) is 2.17. The van der Waals surface area contributed by atoms with Crippen molar-refractivity contribution in [3.05, 3.63) is 30.9 Å². The molecule has 0 amide bonds. The Kier molecular flexibility index (Phi) is 6.88. The third-order valence-electron chi connectivity index (χ3n) is 3.26. The van der Waals surface area contributed by atoms with E-state index in [2.05, 4.69) is 16.8 Å². The minimum atomic E-state index is -0.287. The van der Waals surface area contributed by atoms with Gasteiger partial charge in [0.15, 0.2) is 11.0 Å². The Morgan fingerprint density at radius 1 is 1.24 bits per heavy atom. The third-order valence-corrected chi connectivity index (χ3v) is 4.20. The van der Waals surface area contributed by atoms with Crippen molar-refractivity contribution < 1.29 is 19.0 Å². The molecule has 25 heavy (non-hydrogen) atoms. The molecule has 0 aliphatic heterocycles. The number of methoxy groups -OCH3 is 2. The lowest BCUT2D eigenvalue weighted by atomic mass is 10.2. The summed E-state index contributed by atoms with van der Waals surface area (Å²) in [4.78, 5) is 11.6. The van der Waals surface area contributed by atoms with Crippen molar-refractivity contribution in [2.45, 2.75) is 18.6 Å². The predicted octanol–water partition coefficient (Wildman–Crippen LogP) is 2.80. The van der Waals surface area contributed by atoms with Crippen LogP contribution in [0.15, 0.2) is 36.0 Å². The first-order chi connectivity index (χ1) is 12.1. The molecule has 1 aromatic carbocycles. The second kappa shape index (κ2) is 9.12. The minimum Gasteiger partial charge on any atom is -0.497 e. The summed E-state index contributed by atoms with van der Waals surface area (Å²) < 4.78 is 17.4. The van der Waals surface area contributed by atoms with Crippen molar-refractivity contribution in [1.82, 2.24) is 14.8 Å². The summed E-state index contributed by atoms with van der Waals surface area (Å²) in [6, 6.07) is 5.49. The first-order valence-electron chi connectivity index (χ1n) is 7.68. The van der Waals surface area contributed by atoms with Gasteiger partial charge in [-0.05, 0) is 19.1 Å². The number of esters is 1. The van der Waals surface area contributed by atoms with Gasteiger partial charge in [0.25, 0.3) is 0 Å². The van der Waals surface area contributed by atoms with Crippen LogP contribution in [-0.4, -0.2) is 47.3 Å². The van der Waals surface area contributed by atoms with Gasteiger partial charge in [-0.15, -0.1) is 16.8 Å². The lowest BCUT2D eigenvalue weighted by Crippen LogP contribution is -2.08. The van der Waals surface area contributed by atoms with Gasteiger partial charge < -0.3 is 14.2 Å². The number of thioether (sulfide) groups is 1. The Bertz CT molecular complexity index is 723. The summed E-state index contributed by atoms with van der Waals surface area (Å²) >= 11 is 1.27. The van der Waals surface area contributed by atoms with Gasteiger partial charge in [0, 0.05) is 18.2 Å². The molecule has 0 saturated heterocycles. The Morgan fingerprint density at radius 2 is 1.92 bits per heavy atom. The fourth-order valence-corrected chi connectivity index (χ4v) is 2.91. The molecule has 0 radical (unpaired) electrons. The summed E-state index contributed by atoms with van der Waals surface area (Å²) in [6.45, 7) is 6.41. The van der Waals surface area contributed by atoms with Gasteiger partial charge in [0.1, 0.15) is 11.5 Å². The van der Waals surface area contributed by atoms with Gasteiger partial charge in [-0.2, -0.15) is 0 Å². The van der Waals surface area contributed by atoms with E-state index < -0.39 is 0 Å². The smallest absolute Gasteiger partial charge is 0.316 e. The average Bonchev–Trinajstić information content (AvgIpc) is 3.03. The Hall–Kier alpha value is -2.48. The number of allylic oxidation sites excluding steroid dienone is 1. The average molecular weight is 363 g/mol. The zero-order valence-electron chi connectivity index (χ0n) is 14.5. The highest BCUT2D eigenvalue weighted by molar-refractivity contribution is 7.99. The van der Waals surface area contributed by atoms with Crippen LogP contribution >= 0.6 is 11.8 Å². The summed E-state index contributed by atoms with van der Waals surface area (Å²) in [5, 5.41) is 9.07. The Balaban J connectivity index is 2.35. The number of ether oxygens (including phenoxy) is 3. The van der Waals surface area contributed by atoms with E-state index in [1.165, 1.54) is 11.8 Å². The maximum Gasteiger partial charge on any atom is 0.316 e.